The van der Waals surface area contributed by atoms with Gasteiger partial charge in [0.1, 0.15) is 0 Å². The van der Waals surface area contributed by atoms with Crippen molar-refractivity contribution in [3.05, 3.63) is 63.9 Å². The summed E-state index contributed by atoms with van der Waals surface area (Å²) >= 11 is 1.50. The fourth-order valence-electron chi connectivity index (χ4n) is 2.53. The van der Waals surface area contributed by atoms with Crippen molar-refractivity contribution >= 4 is 22.7 Å². The Balaban J connectivity index is 2.22. The van der Waals surface area contributed by atoms with E-state index in [-0.39, 0.29) is 12.2 Å². The molecule has 0 atom stereocenters. The van der Waals surface area contributed by atoms with E-state index in [0.717, 1.165) is 11.3 Å². The second-order valence-electron chi connectivity index (χ2n) is 5.75. The van der Waals surface area contributed by atoms with Gasteiger partial charge in [-0.2, -0.15) is 0 Å². The van der Waals surface area contributed by atoms with Gasteiger partial charge >= 0.3 is 0 Å². The first-order chi connectivity index (χ1) is 11.6. The van der Waals surface area contributed by atoms with Gasteiger partial charge < -0.3 is 5.11 Å². The molecule has 0 aliphatic heterocycles. The molecule has 1 aromatic heterocycles. The largest absolute Gasteiger partial charge is 0.396 e. The first-order valence-electron chi connectivity index (χ1n) is 7.95. The number of aromatic nitrogens is 2. The van der Waals surface area contributed by atoms with Crippen LogP contribution in [0.15, 0.2) is 52.4 Å². The number of aliphatic hydroxyl groups is 1. The molecule has 24 heavy (non-hydrogen) atoms. The molecule has 124 valence electrons. The third-order valence-corrected chi connectivity index (χ3v) is 5.05. The van der Waals surface area contributed by atoms with E-state index in [4.69, 9.17) is 5.11 Å². The molecule has 1 N–H and O–H groups in total. The zero-order chi connectivity index (χ0) is 17.1. The average molecular weight is 340 g/mol. The van der Waals surface area contributed by atoms with Crippen LogP contribution in [0, 0.1) is 13.8 Å². The van der Waals surface area contributed by atoms with Gasteiger partial charge in [-0.25, -0.2) is 4.98 Å². The number of thioether (sulfide) groups is 1. The van der Waals surface area contributed by atoms with Crippen molar-refractivity contribution in [2.24, 2.45) is 0 Å². The molecular formula is C19H20N2O2S. The molecule has 0 saturated heterocycles. The summed E-state index contributed by atoms with van der Waals surface area (Å²) < 4.78 is 1.68. The summed E-state index contributed by atoms with van der Waals surface area (Å²) in [4.78, 5) is 17.7. The lowest BCUT2D eigenvalue weighted by molar-refractivity contribution is 0.296. The fourth-order valence-corrected chi connectivity index (χ4v) is 3.47. The summed E-state index contributed by atoms with van der Waals surface area (Å²) in [5.41, 5.74) is 3.80. The number of nitrogens with zero attached hydrogens (tertiary/aromatic N) is 2. The molecule has 3 rings (SSSR count). The molecule has 0 aliphatic carbocycles. The van der Waals surface area contributed by atoms with E-state index in [1.807, 2.05) is 49.4 Å². The van der Waals surface area contributed by atoms with E-state index in [9.17, 15) is 4.79 Å². The van der Waals surface area contributed by atoms with Gasteiger partial charge in [-0.1, -0.05) is 30.0 Å². The summed E-state index contributed by atoms with van der Waals surface area (Å²) in [6, 6.07) is 13.4. The van der Waals surface area contributed by atoms with Gasteiger partial charge in [0, 0.05) is 12.4 Å². The van der Waals surface area contributed by atoms with Crippen molar-refractivity contribution in [2.75, 3.05) is 12.4 Å². The van der Waals surface area contributed by atoms with Gasteiger partial charge in [0.2, 0.25) is 0 Å². The SMILES string of the molecule is Cc1ccc(-n2c(SCCCO)nc3ccccc3c2=O)cc1C. The zero-order valence-electron chi connectivity index (χ0n) is 13.8. The van der Waals surface area contributed by atoms with Crippen LogP contribution in [-0.4, -0.2) is 27.0 Å². The second kappa shape index (κ2) is 7.20. The van der Waals surface area contributed by atoms with Gasteiger partial charge in [0.15, 0.2) is 5.16 Å². The molecule has 0 spiro atoms. The smallest absolute Gasteiger partial charge is 0.266 e. The Morgan fingerprint density at radius 1 is 1.12 bits per heavy atom. The normalized spacial score (nSPS) is 11.1. The van der Waals surface area contributed by atoms with Crippen molar-refractivity contribution < 1.29 is 5.11 Å². The van der Waals surface area contributed by atoms with Crippen LogP contribution in [0.25, 0.3) is 16.6 Å². The average Bonchev–Trinajstić information content (AvgIpc) is 2.58. The van der Waals surface area contributed by atoms with Gasteiger partial charge in [0.25, 0.3) is 5.56 Å². The summed E-state index contributed by atoms with van der Waals surface area (Å²) in [6.45, 7) is 4.23. The zero-order valence-corrected chi connectivity index (χ0v) is 14.6. The number of hydrogen-bond acceptors (Lipinski definition) is 4. The summed E-state index contributed by atoms with van der Waals surface area (Å²) in [7, 11) is 0. The maximum absolute atomic E-state index is 13.0. The van der Waals surface area contributed by atoms with Crippen LogP contribution in [0.5, 0.6) is 0 Å². The topological polar surface area (TPSA) is 55.1 Å². The van der Waals surface area contributed by atoms with Crippen molar-refractivity contribution in [3.8, 4) is 5.69 Å². The van der Waals surface area contributed by atoms with Crippen molar-refractivity contribution in [2.45, 2.75) is 25.4 Å². The molecule has 0 amide bonds. The Morgan fingerprint density at radius 3 is 2.67 bits per heavy atom. The third kappa shape index (κ3) is 3.23. The predicted molar refractivity (Wildman–Crippen MR) is 99.2 cm³/mol. The van der Waals surface area contributed by atoms with Gasteiger partial charge in [-0.05, 0) is 55.7 Å². The maximum atomic E-state index is 13.0. The number of hydrogen-bond donors (Lipinski definition) is 1. The number of benzene rings is 2. The third-order valence-electron chi connectivity index (χ3n) is 4.03. The molecule has 1 heterocycles. The Hall–Kier alpha value is -2.11. The van der Waals surface area contributed by atoms with Crippen LogP contribution < -0.4 is 5.56 Å². The highest BCUT2D eigenvalue weighted by Gasteiger charge is 2.13. The number of rotatable bonds is 5. The number of aliphatic hydroxyl groups excluding tert-OH is 1. The molecule has 2 aromatic carbocycles. The van der Waals surface area contributed by atoms with Gasteiger partial charge in [-0.15, -0.1) is 0 Å². The number of fused-ring (bicyclic) bond motifs is 1. The second-order valence-corrected chi connectivity index (χ2v) is 6.81. The number of para-hydroxylation sites is 1. The molecule has 0 aliphatic rings. The number of aryl methyl sites for hydroxylation is 2. The van der Waals surface area contributed by atoms with Gasteiger partial charge in [-0.3, -0.25) is 9.36 Å². The predicted octanol–water partition coefficient (Wildman–Crippen LogP) is 3.48. The van der Waals surface area contributed by atoms with Crippen LogP contribution in [0.4, 0.5) is 0 Å². The fraction of sp³-hybridized carbons (Fsp3) is 0.263. The molecular weight excluding hydrogens is 320 g/mol. The summed E-state index contributed by atoms with van der Waals surface area (Å²) in [5, 5.41) is 10.3. The first kappa shape index (κ1) is 16.7. The monoisotopic (exact) mass is 340 g/mol. The summed E-state index contributed by atoms with van der Waals surface area (Å²) in [6.07, 6.45) is 0.667. The highest BCUT2D eigenvalue weighted by molar-refractivity contribution is 7.99. The van der Waals surface area contributed by atoms with Crippen LogP contribution >= 0.6 is 11.8 Å². The maximum Gasteiger partial charge on any atom is 0.266 e. The molecule has 4 nitrogen and oxygen atoms in total. The van der Waals surface area contributed by atoms with Crippen LogP contribution in [-0.2, 0) is 0 Å². The molecule has 0 fully saturated rings. The lowest BCUT2D eigenvalue weighted by Crippen LogP contribution is -2.22. The van der Waals surface area contributed by atoms with E-state index in [1.165, 1.54) is 17.3 Å². The Bertz CT molecular complexity index is 934. The Morgan fingerprint density at radius 2 is 1.92 bits per heavy atom. The van der Waals surface area contributed by atoms with E-state index in [1.54, 1.807) is 4.57 Å². The molecule has 3 aromatic rings. The van der Waals surface area contributed by atoms with Crippen LogP contribution in [0.1, 0.15) is 17.5 Å². The summed E-state index contributed by atoms with van der Waals surface area (Å²) in [5.74, 6) is 0.714. The minimum absolute atomic E-state index is 0.0599. The van der Waals surface area contributed by atoms with E-state index >= 15 is 0 Å². The lowest BCUT2D eigenvalue weighted by Gasteiger charge is -2.14. The van der Waals surface area contributed by atoms with E-state index < -0.39 is 0 Å². The Labute approximate surface area is 145 Å². The van der Waals surface area contributed by atoms with E-state index in [2.05, 4.69) is 11.9 Å². The minimum Gasteiger partial charge on any atom is -0.396 e. The Kier molecular flexibility index (Phi) is 5.02. The molecule has 0 bridgehead atoms. The van der Waals surface area contributed by atoms with E-state index in [0.29, 0.717) is 28.2 Å². The minimum atomic E-state index is -0.0599. The van der Waals surface area contributed by atoms with Crippen molar-refractivity contribution in [3.63, 3.8) is 0 Å². The highest BCUT2D eigenvalue weighted by atomic mass is 32.2. The van der Waals surface area contributed by atoms with Crippen LogP contribution in [0.2, 0.25) is 0 Å². The van der Waals surface area contributed by atoms with Gasteiger partial charge in [0.05, 0.1) is 16.6 Å². The lowest BCUT2D eigenvalue weighted by atomic mass is 10.1. The van der Waals surface area contributed by atoms with Crippen molar-refractivity contribution in [1.82, 2.24) is 9.55 Å². The molecule has 0 radical (unpaired) electrons. The van der Waals surface area contributed by atoms with Crippen molar-refractivity contribution in [1.29, 1.82) is 0 Å². The molecule has 0 unspecified atom stereocenters. The molecule has 0 saturated carbocycles. The first-order valence-corrected chi connectivity index (χ1v) is 8.93. The van der Waals surface area contributed by atoms with Crippen LogP contribution in [0.3, 0.4) is 0 Å². The standard InChI is InChI=1S/C19H20N2O2S/c1-13-8-9-15(12-14(13)2)21-18(23)16-6-3-4-7-17(16)20-19(21)24-11-5-10-22/h3-4,6-9,12,22H,5,10-11H2,1-2H3. The quantitative estimate of drug-likeness (QED) is 0.439. The highest BCUT2D eigenvalue weighted by Crippen LogP contribution is 2.23. The molecule has 5 heteroatoms.